The summed E-state index contributed by atoms with van der Waals surface area (Å²) in [6.07, 6.45) is 5.49. The number of likely N-dealkylation sites (tertiary alicyclic amines) is 1. The highest BCUT2D eigenvalue weighted by atomic mass is 32.2. The molecule has 2 amide bonds. The fourth-order valence-electron chi connectivity index (χ4n) is 4.05. The van der Waals surface area contributed by atoms with Gasteiger partial charge in [-0.25, -0.2) is 8.42 Å². The van der Waals surface area contributed by atoms with E-state index < -0.39 is 10.0 Å². The van der Waals surface area contributed by atoms with E-state index in [-0.39, 0.29) is 17.9 Å². The Morgan fingerprint density at radius 2 is 1.62 bits per heavy atom. The van der Waals surface area contributed by atoms with E-state index in [1.807, 2.05) is 17.0 Å². The van der Waals surface area contributed by atoms with E-state index in [1.54, 1.807) is 16.4 Å². The molecule has 0 bridgehead atoms. The van der Waals surface area contributed by atoms with Gasteiger partial charge in [0.2, 0.25) is 21.8 Å². The van der Waals surface area contributed by atoms with E-state index in [4.69, 9.17) is 0 Å². The number of rotatable bonds is 6. The summed E-state index contributed by atoms with van der Waals surface area (Å²) in [5.74, 6) is 0.0804. The van der Waals surface area contributed by atoms with Crippen LogP contribution in [0.1, 0.15) is 51.0 Å². The summed E-state index contributed by atoms with van der Waals surface area (Å²) < 4.78 is 27.0. The fourth-order valence-corrected chi connectivity index (χ4v) is 5.57. The molecular weight excluding hydrogens is 390 g/mol. The molecule has 1 aromatic carbocycles. The molecule has 0 aromatic heterocycles. The first-order valence-corrected chi connectivity index (χ1v) is 11.9. The van der Waals surface area contributed by atoms with E-state index in [0.717, 1.165) is 37.7 Å². The smallest absolute Gasteiger partial charge is 0.243 e. The molecule has 2 fully saturated rings. The van der Waals surface area contributed by atoms with Crippen molar-refractivity contribution in [2.75, 3.05) is 26.2 Å². The highest BCUT2D eigenvalue weighted by Crippen LogP contribution is 2.21. The second-order valence-electron chi connectivity index (χ2n) is 7.96. The average molecular weight is 422 g/mol. The minimum atomic E-state index is -3.41. The van der Waals surface area contributed by atoms with Crippen LogP contribution in [0.5, 0.6) is 0 Å². The number of hydrogen-bond acceptors (Lipinski definition) is 4. The number of nitrogens with zero attached hydrogens (tertiary/aromatic N) is 2. The molecular formula is C21H31N3O4S. The van der Waals surface area contributed by atoms with E-state index in [9.17, 15) is 18.0 Å². The van der Waals surface area contributed by atoms with Crippen LogP contribution in [0.4, 0.5) is 0 Å². The topological polar surface area (TPSA) is 86.8 Å². The molecule has 0 saturated carbocycles. The van der Waals surface area contributed by atoms with Crippen LogP contribution in [0.2, 0.25) is 0 Å². The first-order valence-electron chi connectivity index (χ1n) is 10.5. The zero-order valence-electron chi connectivity index (χ0n) is 17.1. The molecule has 2 aliphatic rings. The van der Waals surface area contributed by atoms with Crippen LogP contribution >= 0.6 is 0 Å². The van der Waals surface area contributed by atoms with Gasteiger partial charge in [0.05, 0.1) is 4.90 Å². The SMILES string of the molecule is CC(=O)NC1CCN(C(=O)CCc2ccc(S(=O)(=O)N3CCCCC3)cc2)CC1. The molecule has 8 heteroatoms. The lowest BCUT2D eigenvalue weighted by Gasteiger charge is -2.32. The van der Waals surface area contributed by atoms with Gasteiger partial charge in [-0.2, -0.15) is 4.31 Å². The Labute approximate surface area is 173 Å². The van der Waals surface area contributed by atoms with Crippen LogP contribution in [-0.2, 0) is 26.0 Å². The zero-order valence-corrected chi connectivity index (χ0v) is 17.9. The van der Waals surface area contributed by atoms with Crippen LogP contribution < -0.4 is 5.32 Å². The molecule has 0 spiro atoms. The molecule has 2 saturated heterocycles. The minimum absolute atomic E-state index is 0.0273. The quantitative estimate of drug-likeness (QED) is 0.760. The van der Waals surface area contributed by atoms with Crippen LogP contribution in [0.3, 0.4) is 0 Å². The monoisotopic (exact) mass is 421 g/mol. The maximum absolute atomic E-state index is 12.7. The summed E-state index contributed by atoms with van der Waals surface area (Å²) in [6.45, 7) is 4.03. The van der Waals surface area contributed by atoms with Gasteiger partial charge < -0.3 is 10.2 Å². The molecule has 0 atom stereocenters. The maximum atomic E-state index is 12.7. The number of aryl methyl sites for hydroxylation is 1. The molecule has 0 aliphatic carbocycles. The summed E-state index contributed by atoms with van der Waals surface area (Å²) in [6, 6.07) is 7.09. The van der Waals surface area contributed by atoms with Crippen LogP contribution in [-0.4, -0.2) is 61.7 Å². The lowest BCUT2D eigenvalue weighted by atomic mass is 10.0. The summed E-state index contributed by atoms with van der Waals surface area (Å²) in [7, 11) is -3.41. The number of sulfonamides is 1. The predicted octanol–water partition coefficient (Wildman–Crippen LogP) is 1.92. The zero-order chi connectivity index (χ0) is 20.9. The van der Waals surface area contributed by atoms with Crippen molar-refractivity contribution < 1.29 is 18.0 Å². The number of benzene rings is 1. The number of carbonyl (C=O) groups excluding carboxylic acids is 2. The van der Waals surface area contributed by atoms with E-state index >= 15 is 0 Å². The Bertz CT molecular complexity index is 809. The van der Waals surface area contributed by atoms with Crippen molar-refractivity contribution in [2.45, 2.75) is 62.8 Å². The van der Waals surface area contributed by atoms with Gasteiger partial charge >= 0.3 is 0 Å². The van der Waals surface area contributed by atoms with Gasteiger partial charge in [-0.1, -0.05) is 18.6 Å². The van der Waals surface area contributed by atoms with E-state index in [0.29, 0.717) is 43.9 Å². The van der Waals surface area contributed by atoms with E-state index in [1.165, 1.54) is 6.92 Å². The largest absolute Gasteiger partial charge is 0.353 e. The second-order valence-corrected chi connectivity index (χ2v) is 9.90. The fraction of sp³-hybridized carbons (Fsp3) is 0.619. The molecule has 1 aromatic rings. The predicted molar refractivity (Wildman–Crippen MR) is 111 cm³/mol. The summed E-state index contributed by atoms with van der Waals surface area (Å²) in [4.78, 5) is 25.8. The molecule has 2 aliphatic heterocycles. The van der Waals surface area contributed by atoms with Gasteiger partial charge in [0, 0.05) is 45.6 Å². The Morgan fingerprint density at radius 1 is 1.00 bits per heavy atom. The van der Waals surface area contributed by atoms with E-state index in [2.05, 4.69) is 5.32 Å². The van der Waals surface area contributed by atoms with Crippen LogP contribution in [0, 0.1) is 0 Å². The Balaban J connectivity index is 1.49. The normalized spacial score (nSPS) is 19.1. The average Bonchev–Trinajstić information content (AvgIpc) is 2.73. The molecule has 3 rings (SSSR count). The van der Waals surface area contributed by atoms with Gasteiger partial charge in [0.1, 0.15) is 0 Å². The van der Waals surface area contributed by atoms with Gasteiger partial charge in [0.25, 0.3) is 0 Å². The van der Waals surface area contributed by atoms with Crippen molar-refractivity contribution in [1.29, 1.82) is 0 Å². The van der Waals surface area contributed by atoms with Gasteiger partial charge in [-0.05, 0) is 49.8 Å². The second kappa shape index (κ2) is 9.71. The lowest BCUT2D eigenvalue weighted by molar-refractivity contribution is -0.132. The van der Waals surface area contributed by atoms with Gasteiger partial charge in [-0.15, -0.1) is 0 Å². The van der Waals surface area contributed by atoms with Gasteiger partial charge in [0.15, 0.2) is 0 Å². The first kappa shape index (κ1) is 21.8. The third-order valence-electron chi connectivity index (χ3n) is 5.76. The third-order valence-corrected chi connectivity index (χ3v) is 7.67. The van der Waals surface area contributed by atoms with Gasteiger partial charge in [-0.3, -0.25) is 9.59 Å². The number of hydrogen-bond donors (Lipinski definition) is 1. The number of piperidine rings is 2. The molecule has 160 valence electrons. The van der Waals surface area contributed by atoms with Crippen LogP contribution in [0.25, 0.3) is 0 Å². The lowest BCUT2D eigenvalue weighted by Crippen LogP contribution is -2.46. The highest BCUT2D eigenvalue weighted by molar-refractivity contribution is 7.89. The molecule has 0 unspecified atom stereocenters. The summed E-state index contributed by atoms with van der Waals surface area (Å²) in [5.41, 5.74) is 0.962. The molecule has 2 heterocycles. The standard InChI is InChI=1S/C21H31N3O4S/c1-17(25)22-19-11-15-23(16-12-19)21(26)10-7-18-5-8-20(9-6-18)29(27,28)24-13-3-2-4-14-24/h5-6,8-9,19H,2-4,7,10-16H2,1H3,(H,22,25). The van der Waals surface area contributed by atoms with Crippen LogP contribution in [0.15, 0.2) is 29.2 Å². The number of carbonyl (C=O) groups is 2. The third kappa shape index (κ3) is 5.79. The number of nitrogens with one attached hydrogen (secondary N) is 1. The Morgan fingerprint density at radius 3 is 2.21 bits per heavy atom. The molecule has 29 heavy (non-hydrogen) atoms. The van der Waals surface area contributed by atoms with Crippen molar-refractivity contribution in [3.63, 3.8) is 0 Å². The Hall–Kier alpha value is -1.93. The van der Waals surface area contributed by atoms with Crippen molar-refractivity contribution >= 4 is 21.8 Å². The number of amides is 2. The minimum Gasteiger partial charge on any atom is -0.353 e. The summed E-state index contributed by atoms with van der Waals surface area (Å²) >= 11 is 0. The van der Waals surface area contributed by atoms with Crippen molar-refractivity contribution in [3.8, 4) is 0 Å². The Kier molecular flexibility index (Phi) is 7.29. The van der Waals surface area contributed by atoms with Crippen molar-refractivity contribution in [2.24, 2.45) is 0 Å². The highest BCUT2D eigenvalue weighted by Gasteiger charge is 2.26. The molecule has 1 N–H and O–H groups in total. The summed E-state index contributed by atoms with van der Waals surface area (Å²) in [5, 5.41) is 2.91. The molecule has 7 nitrogen and oxygen atoms in total. The van der Waals surface area contributed by atoms with Crippen molar-refractivity contribution in [3.05, 3.63) is 29.8 Å². The molecule has 0 radical (unpaired) electrons. The first-order chi connectivity index (χ1) is 13.9. The van der Waals surface area contributed by atoms with Crippen molar-refractivity contribution in [1.82, 2.24) is 14.5 Å². The maximum Gasteiger partial charge on any atom is 0.243 e.